The van der Waals surface area contributed by atoms with Crippen molar-refractivity contribution in [3.05, 3.63) is 82.8 Å². The Balaban J connectivity index is 1.73. The van der Waals surface area contributed by atoms with Crippen molar-refractivity contribution in [3.8, 4) is 5.75 Å². The summed E-state index contributed by atoms with van der Waals surface area (Å²) in [6.07, 6.45) is 3.61. The van der Waals surface area contributed by atoms with Gasteiger partial charge >= 0.3 is 0 Å². The molecule has 2 heterocycles. The number of hydrogen-bond donors (Lipinski definition) is 1. The Labute approximate surface area is 167 Å². The highest BCUT2D eigenvalue weighted by Crippen LogP contribution is 2.32. The first-order chi connectivity index (χ1) is 13.6. The van der Waals surface area contributed by atoms with Gasteiger partial charge in [-0.1, -0.05) is 30.3 Å². The summed E-state index contributed by atoms with van der Waals surface area (Å²) < 4.78 is 8.39. The SMILES string of the molecule is COc1cccc(C(NC(=O)c2sc3ccccc3c2C)c2nccn2C)c1. The number of ether oxygens (including phenoxy) is 1. The minimum absolute atomic E-state index is 0.102. The number of methoxy groups -OCH3 is 1. The highest BCUT2D eigenvalue weighted by atomic mass is 32.1. The van der Waals surface area contributed by atoms with Gasteiger partial charge in [-0.3, -0.25) is 4.79 Å². The monoisotopic (exact) mass is 391 g/mol. The second-order valence-electron chi connectivity index (χ2n) is 6.63. The molecule has 4 rings (SSSR count). The molecule has 1 amide bonds. The van der Waals surface area contributed by atoms with Crippen LogP contribution in [-0.2, 0) is 7.05 Å². The molecule has 0 saturated heterocycles. The van der Waals surface area contributed by atoms with Crippen LogP contribution < -0.4 is 10.1 Å². The third kappa shape index (κ3) is 3.27. The quantitative estimate of drug-likeness (QED) is 0.546. The topological polar surface area (TPSA) is 56.1 Å². The summed E-state index contributed by atoms with van der Waals surface area (Å²) in [7, 11) is 3.56. The second-order valence-corrected chi connectivity index (χ2v) is 7.68. The summed E-state index contributed by atoms with van der Waals surface area (Å²) >= 11 is 1.51. The minimum atomic E-state index is -0.382. The van der Waals surface area contributed by atoms with Crippen molar-refractivity contribution < 1.29 is 9.53 Å². The Morgan fingerprint density at radius 2 is 2.04 bits per heavy atom. The standard InChI is InChI=1S/C22H21N3O2S/c1-14-17-9-4-5-10-18(17)28-20(14)22(26)24-19(21-23-11-12-25(21)2)15-7-6-8-16(13-15)27-3/h4-13,19H,1-3H3,(H,24,26). The van der Waals surface area contributed by atoms with E-state index in [2.05, 4.69) is 16.4 Å². The number of nitrogens with one attached hydrogen (secondary N) is 1. The van der Waals surface area contributed by atoms with Gasteiger partial charge in [0.25, 0.3) is 5.91 Å². The van der Waals surface area contributed by atoms with Gasteiger partial charge in [0, 0.05) is 24.1 Å². The van der Waals surface area contributed by atoms with E-state index < -0.39 is 0 Å². The number of amides is 1. The van der Waals surface area contributed by atoms with Gasteiger partial charge in [0.2, 0.25) is 0 Å². The van der Waals surface area contributed by atoms with Crippen LogP contribution in [0.1, 0.15) is 32.7 Å². The van der Waals surface area contributed by atoms with Crippen LogP contribution in [0.2, 0.25) is 0 Å². The maximum Gasteiger partial charge on any atom is 0.262 e. The zero-order chi connectivity index (χ0) is 19.7. The molecular weight excluding hydrogens is 370 g/mol. The van der Waals surface area contributed by atoms with Crippen molar-refractivity contribution >= 4 is 27.3 Å². The van der Waals surface area contributed by atoms with E-state index in [4.69, 9.17) is 4.74 Å². The molecule has 0 spiro atoms. The summed E-state index contributed by atoms with van der Waals surface area (Å²) in [6.45, 7) is 2.00. The number of aromatic nitrogens is 2. The second kappa shape index (κ2) is 7.48. The maximum atomic E-state index is 13.2. The molecule has 28 heavy (non-hydrogen) atoms. The molecule has 1 unspecified atom stereocenters. The molecule has 0 radical (unpaired) electrons. The molecule has 0 bridgehead atoms. The van der Waals surface area contributed by atoms with E-state index in [0.717, 1.165) is 37.7 Å². The minimum Gasteiger partial charge on any atom is -0.497 e. The molecule has 142 valence electrons. The molecule has 0 aliphatic rings. The highest BCUT2D eigenvalue weighted by molar-refractivity contribution is 7.21. The smallest absolute Gasteiger partial charge is 0.262 e. The summed E-state index contributed by atoms with van der Waals surface area (Å²) in [4.78, 5) is 18.4. The van der Waals surface area contributed by atoms with Crippen molar-refractivity contribution in [2.75, 3.05) is 7.11 Å². The number of carbonyl (C=O) groups is 1. The zero-order valence-electron chi connectivity index (χ0n) is 16.0. The van der Waals surface area contributed by atoms with Crippen LogP contribution in [0.25, 0.3) is 10.1 Å². The van der Waals surface area contributed by atoms with Crippen LogP contribution >= 0.6 is 11.3 Å². The lowest BCUT2D eigenvalue weighted by molar-refractivity contribution is 0.0944. The van der Waals surface area contributed by atoms with E-state index in [1.807, 2.05) is 67.2 Å². The zero-order valence-corrected chi connectivity index (χ0v) is 16.8. The molecule has 6 heteroatoms. The van der Waals surface area contributed by atoms with Crippen LogP contribution in [0.3, 0.4) is 0 Å². The Morgan fingerprint density at radius 3 is 2.75 bits per heavy atom. The predicted octanol–water partition coefficient (Wildman–Crippen LogP) is 4.47. The van der Waals surface area contributed by atoms with Gasteiger partial charge < -0.3 is 14.6 Å². The van der Waals surface area contributed by atoms with Crippen molar-refractivity contribution in [2.45, 2.75) is 13.0 Å². The highest BCUT2D eigenvalue weighted by Gasteiger charge is 2.24. The van der Waals surface area contributed by atoms with Gasteiger partial charge in [0.05, 0.1) is 12.0 Å². The van der Waals surface area contributed by atoms with Gasteiger partial charge in [0.1, 0.15) is 17.6 Å². The van der Waals surface area contributed by atoms with Crippen molar-refractivity contribution in [2.24, 2.45) is 7.05 Å². The number of nitrogens with zero attached hydrogens (tertiary/aromatic N) is 2. The largest absolute Gasteiger partial charge is 0.497 e. The number of rotatable bonds is 5. The fourth-order valence-corrected chi connectivity index (χ4v) is 4.47. The number of aryl methyl sites for hydroxylation is 2. The lowest BCUT2D eigenvalue weighted by Crippen LogP contribution is -2.31. The number of thiophene rings is 1. The van der Waals surface area contributed by atoms with Gasteiger partial charge in [0.15, 0.2) is 0 Å². The Bertz CT molecular complexity index is 1150. The van der Waals surface area contributed by atoms with Crippen LogP contribution in [0.15, 0.2) is 60.9 Å². The Kier molecular flexibility index (Phi) is 4.88. The summed E-state index contributed by atoms with van der Waals surface area (Å²) in [5.74, 6) is 1.40. The first-order valence-corrected chi connectivity index (χ1v) is 9.80. The van der Waals surface area contributed by atoms with Crippen LogP contribution in [0.4, 0.5) is 0 Å². The molecule has 1 atom stereocenters. The molecule has 0 aliphatic carbocycles. The van der Waals surface area contributed by atoms with Crippen molar-refractivity contribution in [1.82, 2.24) is 14.9 Å². The molecular formula is C22H21N3O2S. The number of carbonyl (C=O) groups excluding carboxylic acids is 1. The van der Waals surface area contributed by atoms with E-state index in [9.17, 15) is 4.79 Å². The lowest BCUT2D eigenvalue weighted by Gasteiger charge is -2.19. The van der Waals surface area contributed by atoms with E-state index in [-0.39, 0.29) is 11.9 Å². The van der Waals surface area contributed by atoms with Gasteiger partial charge in [-0.25, -0.2) is 4.98 Å². The molecule has 0 aliphatic heterocycles. The Morgan fingerprint density at radius 1 is 1.21 bits per heavy atom. The van der Waals surface area contributed by atoms with E-state index in [1.165, 1.54) is 11.3 Å². The lowest BCUT2D eigenvalue weighted by atomic mass is 10.0. The number of fused-ring (bicyclic) bond motifs is 1. The molecule has 2 aromatic heterocycles. The fraction of sp³-hybridized carbons (Fsp3) is 0.182. The number of hydrogen-bond acceptors (Lipinski definition) is 4. The molecule has 0 fully saturated rings. The first kappa shape index (κ1) is 18.3. The van der Waals surface area contributed by atoms with Gasteiger partial charge in [-0.05, 0) is 41.6 Å². The summed E-state index contributed by atoms with van der Waals surface area (Å²) in [5.41, 5.74) is 1.92. The fourth-order valence-electron chi connectivity index (χ4n) is 3.36. The van der Waals surface area contributed by atoms with Gasteiger partial charge in [-0.15, -0.1) is 11.3 Å². The molecule has 4 aromatic rings. The summed E-state index contributed by atoms with van der Waals surface area (Å²) in [6, 6.07) is 15.4. The van der Waals surface area contributed by atoms with E-state index >= 15 is 0 Å². The van der Waals surface area contributed by atoms with Crippen LogP contribution in [0.5, 0.6) is 5.75 Å². The average Bonchev–Trinajstić information content (AvgIpc) is 3.29. The van der Waals surface area contributed by atoms with Gasteiger partial charge in [-0.2, -0.15) is 0 Å². The normalized spacial score (nSPS) is 12.1. The average molecular weight is 391 g/mol. The number of benzene rings is 2. The summed E-state index contributed by atoms with van der Waals surface area (Å²) in [5, 5.41) is 4.30. The van der Waals surface area contributed by atoms with Crippen molar-refractivity contribution in [1.29, 1.82) is 0 Å². The predicted molar refractivity (Wildman–Crippen MR) is 112 cm³/mol. The molecule has 2 aromatic carbocycles. The first-order valence-electron chi connectivity index (χ1n) is 8.98. The third-order valence-electron chi connectivity index (χ3n) is 4.87. The molecule has 5 nitrogen and oxygen atoms in total. The maximum absolute atomic E-state index is 13.2. The molecule has 1 N–H and O–H groups in total. The van der Waals surface area contributed by atoms with E-state index in [0.29, 0.717) is 0 Å². The molecule has 0 saturated carbocycles. The van der Waals surface area contributed by atoms with E-state index in [1.54, 1.807) is 13.3 Å². The van der Waals surface area contributed by atoms with Crippen LogP contribution in [0, 0.1) is 6.92 Å². The Hall–Kier alpha value is -3.12. The van der Waals surface area contributed by atoms with Crippen LogP contribution in [-0.4, -0.2) is 22.6 Å². The third-order valence-corrected chi connectivity index (χ3v) is 6.14. The van der Waals surface area contributed by atoms with Crippen molar-refractivity contribution in [3.63, 3.8) is 0 Å². The number of imidazole rings is 1.